The lowest BCUT2D eigenvalue weighted by Crippen LogP contribution is -2.39. The summed E-state index contributed by atoms with van der Waals surface area (Å²) in [6, 6.07) is 9.48. The van der Waals surface area contributed by atoms with E-state index in [9.17, 15) is 9.59 Å². The quantitative estimate of drug-likeness (QED) is 0.721. The molecule has 0 N–H and O–H groups in total. The first-order valence-corrected chi connectivity index (χ1v) is 7.83. The predicted molar refractivity (Wildman–Crippen MR) is 83.8 cm³/mol. The van der Waals surface area contributed by atoms with Gasteiger partial charge in [0.15, 0.2) is 0 Å². The van der Waals surface area contributed by atoms with Crippen LogP contribution in [0, 0.1) is 0 Å². The summed E-state index contributed by atoms with van der Waals surface area (Å²) in [5, 5.41) is 0. The first-order valence-electron chi connectivity index (χ1n) is 7.83. The molecule has 0 spiro atoms. The molecule has 0 saturated carbocycles. The van der Waals surface area contributed by atoms with E-state index in [0.29, 0.717) is 13.2 Å². The van der Waals surface area contributed by atoms with Crippen molar-refractivity contribution in [3.05, 3.63) is 35.9 Å². The summed E-state index contributed by atoms with van der Waals surface area (Å²) >= 11 is 0. The van der Waals surface area contributed by atoms with Gasteiger partial charge in [0.05, 0.1) is 26.2 Å². The Hall–Kier alpha value is -2.08. The van der Waals surface area contributed by atoms with Crippen LogP contribution in [-0.4, -0.2) is 49.9 Å². The number of methoxy groups -OCH3 is 1. The summed E-state index contributed by atoms with van der Waals surface area (Å²) in [6.45, 7) is 1.62. The van der Waals surface area contributed by atoms with Crippen molar-refractivity contribution < 1.29 is 23.8 Å². The molecule has 1 saturated heterocycles. The molecule has 1 atom stereocenters. The van der Waals surface area contributed by atoms with Crippen LogP contribution in [0.25, 0.3) is 0 Å². The molecule has 1 amide bonds. The summed E-state index contributed by atoms with van der Waals surface area (Å²) in [5.41, 5.74) is 0.922. The molecule has 0 radical (unpaired) electrons. The number of hydrogen-bond donors (Lipinski definition) is 0. The normalized spacial score (nSPS) is 16.8. The largest absolute Gasteiger partial charge is 0.469 e. The van der Waals surface area contributed by atoms with Crippen LogP contribution in [0.4, 0.5) is 4.79 Å². The van der Waals surface area contributed by atoms with Crippen LogP contribution in [0.15, 0.2) is 30.3 Å². The van der Waals surface area contributed by atoms with Crippen LogP contribution >= 0.6 is 0 Å². The van der Waals surface area contributed by atoms with Crippen molar-refractivity contribution in [2.45, 2.75) is 32.0 Å². The predicted octanol–water partition coefficient (Wildman–Crippen LogP) is 2.37. The third-order valence-corrected chi connectivity index (χ3v) is 3.72. The molecule has 23 heavy (non-hydrogen) atoms. The van der Waals surface area contributed by atoms with E-state index >= 15 is 0 Å². The monoisotopic (exact) mass is 321 g/mol. The van der Waals surface area contributed by atoms with Crippen LogP contribution in [0.2, 0.25) is 0 Å². The standard InChI is InChI=1S/C17H23NO5/c1-21-16(19)9-10-18(12-15-8-5-11-22-15)17(20)23-13-14-6-3-2-4-7-14/h2-4,6-7,15H,5,8-13H2,1H3. The Kier molecular flexibility index (Phi) is 6.87. The van der Waals surface area contributed by atoms with E-state index in [4.69, 9.17) is 9.47 Å². The van der Waals surface area contributed by atoms with Crippen molar-refractivity contribution in [1.82, 2.24) is 4.90 Å². The van der Waals surface area contributed by atoms with E-state index in [0.717, 1.165) is 18.4 Å². The molecule has 1 aliphatic rings. The number of carbonyl (C=O) groups is 2. The summed E-state index contributed by atoms with van der Waals surface area (Å²) in [7, 11) is 1.33. The number of benzene rings is 1. The number of esters is 1. The van der Waals surface area contributed by atoms with Crippen LogP contribution in [0.3, 0.4) is 0 Å². The highest BCUT2D eigenvalue weighted by molar-refractivity contribution is 5.71. The molecule has 1 unspecified atom stereocenters. The van der Waals surface area contributed by atoms with Gasteiger partial charge in [-0.25, -0.2) is 4.79 Å². The van der Waals surface area contributed by atoms with Gasteiger partial charge < -0.3 is 19.1 Å². The van der Waals surface area contributed by atoms with E-state index in [1.165, 1.54) is 12.0 Å². The van der Waals surface area contributed by atoms with Gasteiger partial charge in [0.1, 0.15) is 6.61 Å². The molecule has 6 heteroatoms. The van der Waals surface area contributed by atoms with Gasteiger partial charge in [0, 0.05) is 13.2 Å². The Morgan fingerprint density at radius 2 is 2.09 bits per heavy atom. The van der Waals surface area contributed by atoms with Gasteiger partial charge in [-0.2, -0.15) is 0 Å². The number of rotatable bonds is 7. The fourth-order valence-corrected chi connectivity index (χ4v) is 2.43. The zero-order chi connectivity index (χ0) is 16.5. The van der Waals surface area contributed by atoms with Crippen molar-refractivity contribution in [3.63, 3.8) is 0 Å². The lowest BCUT2D eigenvalue weighted by molar-refractivity contribution is -0.140. The molecule has 6 nitrogen and oxygen atoms in total. The molecule has 1 fully saturated rings. The average molecular weight is 321 g/mol. The van der Waals surface area contributed by atoms with Gasteiger partial charge in [-0.05, 0) is 18.4 Å². The molecule has 126 valence electrons. The van der Waals surface area contributed by atoms with Gasteiger partial charge in [-0.1, -0.05) is 30.3 Å². The van der Waals surface area contributed by atoms with Crippen molar-refractivity contribution in [2.24, 2.45) is 0 Å². The molecule has 0 bridgehead atoms. The second kappa shape index (κ2) is 9.15. The SMILES string of the molecule is COC(=O)CCN(CC1CCCO1)C(=O)OCc1ccccc1. The smallest absolute Gasteiger partial charge is 0.410 e. The first-order chi connectivity index (χ1) is 11.2. The summed E-state index contributed by atoms with van der Waals surface area (Å²) in [6.07, 6.45) is 1.63. The van der Waals surface area contributed by atoms with Gasteiger partial charge in [0.25, 0.3) is 0 Å². The second-order valence-corrected chi connectivity index (χ2v) is 5.45. The van der Waals surface area contributed by atoms with E-state index in [1.54, 1.807) is 0 Å². The molecule has 1 aromatic carbocycles. The van der Waals surface area contributed by atoms with Gasteiger partial charge in [-0.3, -0.25) is 4.79 Å². The maximum absolute atomic E-state index is 12.3. The zero-order valence-electron chi connectivity index (χ0n) is 13.4. The number of nitrogens with zero attached hydrogens (tertiary/aromatic N) is 1. The van der Waals surface area contributed by atoms with Crippen LogP contribution in [0.5, 0.6) is 0 Å². The minimum atomic E-state index is -0.437. The van der Waals surface area contributed by atoms with Crippen LogP contribution in [-0.2, 0) is 25.6 Å². The highest BCUT2D eigenvalue weighted by Gasteiger charge is 2.24. The third kappa shape index (κ3) is 5.90. The molecule has 1 heterocycles. The van der Waals surface area contributed by atoms with Crippen molar-refractivity contribution in [2.75, 3.05) is 26.8 Å². The van der Waals surface area contributed by atoms with Crippen molar-refractivity contribution in [3.8, 4) is 0 Å². The summed E-state index contributed by atoms with van der Waals surface area (Å²) < 4.78 is 15.5. The molecular weight excluding hydrogens is 298 g/mol. The van der Waals surface area contributed by atoms with Gasteiger partial charge in [0.2, 0.25) is 0 Å². The minimum absolute atomic E-state index is 0.0110. The maximum Gasteiger partial charge on any atom is 0.410 e. The topological polar surface area (TPSA) is 65.1 Å². The Bertz CT molecular complexity index is 499. The minimum Gasteiger partial charge on any atom is -0.469 e. The molecule has 0 aromatic heterocycles. The zero-order valence-corrected chi connectivity index (χ0v) is 13.4. The Labute approximate surface area is 136 Å². The highest BCUT2D eigenvalue weighted by atomic mass is 16.6. The fraction of sp³-hybridized carbons (Fsp3) is 0.529. The van der Waals surface area contributed by atoms with E-state index in [-0.39, 0.29) is 31.6 Å². The summed E-state index contributed by atoms with van der Waals surface area (Å²) in [5.74, 6) is -0.349. The van der Waals surface area contributed by atoms with Crippen LogP contribution in [0.1, 0.15) is 24.8 Å². The number of ether oxygens (including phenoxy) is 3. The number of amides is 1. The Balaban J connectivity index is 1.87. The molecule has 1 aliphatic heterocycles. The Morgan fingerprint density at radius 1 is 1.30 bits per heavy atom. The average Bonchev–Trinajstić information content (AvgIpc) is 3.10. The molecular formula is C17H23NO5. The van der Waals surface area contributed by atoms with Crippen molar-refractivity contribution >= 4 is 12.1 Å². The lowest BCUT2D eigenvalue weighted by atomic mass is 10.2. The van der Waals surface area contributed by atoms with E-state index in [2.05, 4.69) is 4.74 Å². The van der Waals surface area contributed by atoms with Crippen molar-refractivity contribution in [1.29, 1.82) is 0 Å². The summed E-state index contributed by atoms with van der Waals surface area (Å²) in [4.78, 5) is 25.1. The maximum atomic E-state index is 12.3. The van der Waals surface area contributed by atoms with E-state index in [1.807, 2.05) is 30.3 Å². The second-order valence-electron chi connectivity index (χ2n) is 5.45. The first kappa shape index (κ1) is 17.3. The number of hydrogen-bond acceptors (Lipinski definition) is 5. The number of carbonyl (C=O) groups excluding carboxylic acids is 2. The molecule has 1 aromatic rings. The molecule has 0 aliphatic carbocycles. The fourth-order valence-electron chi connectivity index (χ4n) is 2.43. The van der Waals surface area contributed by atoms with Gasteiger partial charge >= 0.3 is 12.1 Å². The van der Waals surface area contributed by atoms with Gasteiger partial charge in [-0.15, -0.1) is 0 Å². The molecule has 2 rings (SSSR count). The van der Waals surface area contributed by atoms with E-state index < -0.39 is 6.09 Å². The Morgan fingerprint density at radius 3 is 2.74 bits per heavy atom. The van der Waals surface area contributed by atoms with Crippen LogP contribution < -0.4 is 0 Å². The highest BCUT2D eigenvalue weighted by Crippen LogP contribution is 2.14. The third-order valence-electron chi connectivity index (χ3n) is 3.72. The lowest BCUT2D eigenvalue weighted by Gasteiger charge is -2.24.